The molecule has 2 aromatic rings. The van der Waals surface area contributed by atoms with Crippen molar-refractivity contribution in [2.75, 3.05) is 11.5 Å². The van der Waals surface area contributed by atoms with Crippen LogP contribution in [0.3, 0.4) is 0 Å². The third-order valence-electron chi connectivity index (χ3n) is 3.21. The first kappa shape index (κ1) is 20.7. The highest BCUT2D eigenvalue weighted by atomic mass is 32.2. The van der Waals surface area contributed by atoms with Crippen molar-refractivity contribution in [3.05, 3.63) is 54.6 Å². The van der Waals surface area contributed by atoms with Gasteiger partial charge in [-0.05, 0) is 23.3 Å². The van der Waals surface area contributed by atoms with E-state index >= 15 is 0 Å². The van der Waals surface area contributed by atoms with Gasteiger partial charge in [-0.25, -0.2) is 10.5 Å². The topological polar surface area (TPSA) is 104 Å². The van der Waals surface area contributed by atoms with E-state index < -0.39 is 11.9 Å². The number of carbonyl (C=O) groups excluding carboxylic acids is 1. The van der Waals surface area contributed by atoms with Gasteiger partial charge >= 0.3 is 5.97 Å². The molecule has 0 unspecified atom stereocenters. The van der Waals surface area contributed by atoms with Crippen LogP contribution in [-0.4, -0.2) is 28.0 Å². The Labute approximate surface area is 158 Å². The molecular weight excluding hydrogens is 384 g/mol. The van der Waals surface area contributed by atoms with Gasteiger partial charge in [0.25, 0.3) is 0 Å². The summed E-state index contributed by atoms with van der Waals surface area (Å²) in [6.45, 7) is 0. The number of hydrogen-bond acceptors (Lipinski definition) is 10. The molecule has 0 spiro atoms. The molecule has 2 aromatic carbocycles. The highest BCUT2D eigenvalue weighted by molar-refractivity contribution is 7.95. The van der Waals surface area contributed by atoms with Crippen LogP contribution in [0.5, 0.6) is 5.75 Å². The summed E-state index contributed by atoms with van der Waals surface area (Å²) in [5.74, 6) is -0.606. The molecule has 0 fully saturated rings. The van der Waals surface area contributed by atoms with Crippen molar-refractivity contribution in [2.24, 2.45) is 5.92 Å². The van der Waals surface area contributed by atoms with E-state index in [0.717, 1.165) is 11.1 Å². The minimum Gasteiger partial charge on any atom is -0.426 e. The molecule has 0 aliphatic rings. The molecule has 2 rings (SSSR count). The second-order valence-corrected chi connectivity index (χ2v) is 6.27. The minimum atomic E-state index is -0.677. The zero-order chi connectivity index (χ0) is 18.6. The van der Waals surface area contributed by atoms with Gasteiger partial charge in [-0.15, -0.1) is 8.67 Å². The third kappa shape index (κ3) is 6.94. The van der Waals surface area contributed by atoms with Crippen LogP contribution in [0.4, 0.5) is 0 Å². The molecule has 140 valence electrons. The van der Waals surface area contributed by atoms with E-state index in [9.17, 15) is 4.79 Å². The molecular formula is C16H16O8S2. The van der Waals surface area contributed by atoms with Crippen molar-refractivity contribution >= 4 is 30.1 Å². The van der Waals surface area contributed by atoms with Gasteiger partial charge in [-0.3, -0.25) is 4.79 Å². The largest absolute Gasteiger partial charge is 0.426 e. The number of hydrogen-bond donors (Lipinski definition) is 2. The Kier molecular flexibility index (Phi) is 9.45. The predicted octanol–water partition coefficient (Wildman–Crippen LogP) is 4.01. The van der Waals surface area contributed by atoms with Gasteiger partial charge in [-0.1, -0.05) is 52.5 Å². The fraction of sp³-hybridized carbons (Fsp3) is 0.188. The highest BCUT2D eigenvalue weighted by Crippen LogP contribution is 2.24. The van der Waals surface area contributed by atoms with E-state index in [4.69, 9.17) is 15.3 Å². The maximum absolute atomic E-state index is 12.3. The van der Waals surface area contributed by atoms with Gasteiger partial charge in [0.15, 0.2) is 0 Å². The van der Waals surface area contributed by atoms with Crippen LogP contribution >= 0.6 is 24.1 Å². The Balaban J connectivity index is 1.95. The van der Waals surface area contributed by atoms with Crippen molar-refractivity contribution < 1.29 is 38.8 Å². The van der Waals surface area contributed by atoms with Crippen molar-refractivity contribution in [2.45, 2.75) is 0 Å². The molecule has 0 saturated carbocycles. The summed E-state index contributed by atoms with van der Waals surface area (Å²) >= 11 is 1.43. The van der Waals surface area contributed by atoms with Gasteiger partial charge in [0.2, 0.25) is 0 Å². The van der Waals surface area contributed by atoms with Gasteiger partial charge < -0.3 is 4.74 Å². The molecule has 0 heterocycles. The van der Waals surface area contributed by atoms with Crippen LogP contribution in [0.1, 0.15) is 0 Å². The van der Waals surface area contributed by atoms with Crippen LogP contribution in [0.25, 0.3) is 11.1 Å². The predicted molar refractivity (Wildman–Crippen MR) is 95.5 cm³/mol. The minimum absolute atomic E-state index is 0.114. The summed E-state index contributed by atoms with van der Waals surface area (Å²) in [7, 11) is 0. The Morgan fingerprint density at radius 3 is 1.92 bits per heavy atom. The lowest BCUT2D eigenvalue weighted by atomic mass is 10.1. The molecule has 0 atom stereocenters. The van der Waals surface area contributed by atoms with Crippen molar-refractivity contribution in [3.63, 3.8) is 0 Å². The lowest BCUT2D eigenvalue weighted by molar-refractivity contribution is -0.432. The van der Waals surface area contributed by atoms with E-state index in [1.165, 1.54) is 0 Å². The Bertz CT molecular complexity index is 643. The number of rotatable bonds is 11. The lowest BCUT2D eigenvalue weighted by Crippen LogP contribution is -2.25. The fourth-order valence-corrected chi connectivity index (χ4v) is 3.18. The first-order valence-electron chi connectivity index (χ1n) is 7.31. The number of esters is 1. The standard InChI is InChI=1S/C16H16O8S2/c17-16(14(10-25-23-21-18)11-26-24-22-19)20-15-8-6-13(7-9-15)12-4-2-1-3-5-12/h1-9,14,18-19H,10-11H2. The average Bonchev–Trinajstić information content (AvgIpc) is 2.68. The summed E-state index contributed by atoms with van der Waals surface area (Å²) in [6.07, 6.45) is 0. The van der Waals surface area contributed by atoms with Crippen LogP contribution in [0.15, 0.2) is 54.6 Å². The van der Waals surface area contributed by atoms with E-state index in [1.807, 2.05) is 42.5 Å². The van der Waals surface area contributed by atoms with Crippen LogP contribution in [0, 0.1) is 5.92 Å². The second-order valence-electron chi connectivity index (χ2n) is 4.86. The zero-order valence-corrected chi connectivity index (χ0v) is 15.0. The van der Waals surface area contributed by atoms with Crippen LogP contribution < -0.4 is 4.74 Å². The molecule has 0 aliphatic heterocycles. The fourth-order valence-electron chi connectivity index (χ4n) is 1.99. The Morgan fingerprint density at radius 2 is 1.38 bits per heavy atom. The third-order valence-corrected chi connectivity index (χ3v) is 4.60. The first-order chi connectivity index (χ1) is 12.7. The van der Waals surface area contributed by atoms with Crippen molar-refractivity contribution in [1.82, 2.24) is 0 Å². The molecule has 0 bridgehead atoms. The summed E-state index contributed by atoms with van der Waals surface area (Å²) in [4.78, 5) is 12.3. The van der Waals surface area contributed by atoms with Crippen LogP contribution in [0.2, 0.25) is 0 Å². The maximum atomic E-state index is 12.3. The maximum Gasteiger partial charge on any atom is 0.316 e. The average molecular weight is 400 g/mol. The number of benzene rings is 2. The Hall–Kier alpha value is -1.63. The highest BCUT2D eigenvalue weighted by Gasteiger charge is 2.22. The van der Waals surface area contributed by atoms with E-state index in [0.29, 0.717) is 29.8 Å². The van der Waals surface area contributed by atoms with E-state index in [-0.39, 0.29) is 11.5 Å². The van der Waals surface area contributed by atoms with Gasteiger partial charge in [0.1, 0.15) is 5.75 Å². The summed E-state index contributed by atoms with van der Waals surface area (Å²) in [5.41, 5.74) is 2.05. The molecule has 0 amide bonds. The SMILES string of the molecule is O=C(Oc1ccc(-c2ccccc2)cc1)C(CSOOO)CSOOO. The molecule has 10 heteroatoms. The molecule has 2 N–H and O–H groups in total. The van der Waals surface area contributed by atoms with Gasteiger partial charge in [0, 0.05) is 35.6 Å². The quantitative estimate of drug-likeness (QED) is 0.144. The Morgan fingerprint density at radius 1 is 0.846 bits per heavy atom. The van der Waals surface area contributed by atoms with E-state index in [2.05, 4.69) is 18.7 Å². The normalized spacial score (nSPS) is 10.9. The number of carbonyl (C=O) groups is 1. The first-order valence-corrected chi connectivity index (χ1v) is 9.13. The molecule has 0 aromatic heterocycles. The van der Waals surface area contributed by atoms with Gasteiger partial charge in [0.05, 0.1) is 5.92 Å². The molecule has 0 aliphatic carbocycles. The molecule has 0 radical (unpaired) electrons. The monoisotopic (exact) mass is 400 g/mol. The van der Waals surface area contributed by atoms with Crippen molar-refractivity contribution in [3.8, 4) is 16.9 Å². The van der Waals surface area contributed by atoms with E-state index in [1.54, 1.807) is 12.1 Å². The second kappa shape index (κ2) is 11.9. The molecule has 8 nitrogen and oxygen atoms in total. The number of ether oxygens (including phenoxy) is 1. The van der Waals surface area contributed by atoms with Gasteiger partial charge in [-0.2, -0.15) is 0 Å². The summed E-state index contributed by atoms with van der Waals surface area (Å²) < 4.78 is 13.9. The zero-order valence-electron chi connectivity index (χ0n) is 13.3. The summed E-state index contributed by atoms with van der Waals surface area (Å²) in [6, 6.07) is 16.9. The smallest absolute Gasteiger partial charge is 0.316 e. The molecule has 0 saturated heterocycles. The molecule has 26 heavy (non-hydrogen) atoms. The van der Waals surface area contributed by atoms with Crippen molar-refractivity contribution in [1.29, 1.82) is 0 Å². The van der Waals surface area contributed by atoms with Crippen LogP contribution in [-0.2, 0) is 23.5 Å². The lowest BCUT2D eigenvalue weighted by Gasteiger charge is -2.13. The summed E-state index contributed by atoms with van der Waals surface area (Å²) in [5, 5.41) is 23.2.